The van der Waals surface area contributed by atoms with Gasteiger partial charge in [0.25, 0.3) is 11.8 Å². The van der Waals surface area contributed by atoms with E-state index >= 15 is 0 Å². The molecule has 0 aromatic heterocycles. The van der Waals surface area contributed by atoms with Crippen molar-refractivity contribution in [2.45, 2.75) is 19.3 Å². The van der Waals surface area contributed by atoms with Crippen LogP contribution in [-0.2, 0) is 0 Å². The zero-order valence-corrected chi connectivity index (χ0v) is 13.9. The van der Waals surface area contributed by atoms with E-state index in [9.17, 15) is 9.59 Å². The molecule has 0 spiro atoms. The van der Waals surface area contributed by atoms with Crippen molar-refractivity contribution >= 4 is 17.5 Å². The zero-order chi connectivity index (χ0) is 16.9. The van der Waals surface area contributed by atoms with Gasteiger partial charge in [0, 0.05) is 37.0 Å². The second kappa shape index (κ2) is 7.30. The molecular weight excluding hydrogens is 300 g/mol. The van der Waals surface area contributed by atoms with E-state index in [4.69, 9.17) is 0 Å². The van der Waals surface area contributed by atoms with Crippen LogP contribution in [-0.4, -0.2) is 36.9 Å². The summed E-state index contributed by atoms with van der Waals surface area (Å²) in [5, 5.41) is 0. The molecule has 0 saturated carbocycles. The lowest BCUT2D eigenvalue weighted by atomic mass is 10.1. The Morgan fingerprint density at radius 2 is 1.54 bits per heavy atom. The molecule has 0 unspecified atom stereocenters. The van der Waals surface area contributed by atoms with Gasteiger partial charge in [0.1, 0.15) is 0 Å². The smallest absolute Gasteiger partial charge is 0.258 e. The van der Waals surface area contributed by atoms with E-state index in [0.29, 0.717) is 11.1 Å². The Bertz CT molecular complexity index is 721. The molecule has 1 heterocycles. The third-order valence-corrected chi connectivity index (χ3v) is 4.45. The monoisotopic (exact) mass is 322 g/mol. The fraction of sp³-hybridized carbons (Fsp3) is 0.300. The Hall–Kier alpha value is -2.62. The summed E-state index contributed by atoms with van der Waals surface area (Å²) in [5.74, 6) is -0.0961. The summed E-state index contributed by atoms with van der Waals surface area (Å²) in [6.07, 6.45) is 3.30. The number of carbonyl (C=O) groups is 2. The number of hydrogen-bond acceptors (Lipinski definition) is 2. The molecule has 4 nitrogen and oxygen atoms in total. The maximum absolute atomic E-state index is 12.7. The summed E-state index contributed by atoms with van der Waals surface area (Å²) in [6.45, 7) is 1.61. The minimum atomic E-state index is -0.116. The van der Waals surface area contributed by atoms with Crippen LogP contribution in [0.3, 0.4) is 0 Å². The molecule has 124 valence electrons. The Morgan fingerprint density at radius 3 is 2.25 bits per heavy atom. The SMILES string of the molecule is CN(C(=O)c1cccc(C(=O)N2CCCCC2)c1)c1ccccc1. The molecule has 0 atom stereocenters. The third kappa shape index (κ3) is 3.48. The van der Waals surface area contributed by atoms with Crippen molar-refractivity contribution in [3.05, 3.63) is 65.7 Å². The molecule has 2 aromatic carbocycles. The lowest BCUT2D eigenvalue weighted by Crippen LogP contribution is -2.35. The average molecular weight is 322 g/mol. The lowest BCUT2D eigenvalue weighted by molar-refractivity contribution is 0.0724. The van der Waals surface area contributed by atoms with Crippen LogP contribution in [0.15, 0.2) is 54.6 Å². The highest BCUT2D eigenvalue weighted by atomic mass is 16.2. The maximum Gasteiger partial charge on any atom is 0.258 e. The van der Waals surface area contributed by atoms with Gasteiger partial charge in [-0.15, -0.1) is 0 Å². The summed E-state index contributed by atoms with van der Waals surface area (Å²) in [4.78, 5) is 28.8. The van der Waals surface area contributed by atoms with Crippen molar-refractivity contribution in [1.29, 1.82) is 0 Å². The second-order valence-corrected chi connectivity index (χ2v) is 6.13. The average Bonchev–Trinajstić information content (AvgIpc) is 2.67. The molecule has 0 N–H and O–H groups in total. The van der Waals surface area contributed by atoms with Crippen LogP contribution >= 0.6 is 0 Å². The Balaban J connectivity index is 1.79. The minimum absolute atomic E-state index is 0.0201. The summed E-state index contributed by atoms with van der Waals surface area (Å²) in [5.41, 5.74) is 1.95. The topological polar surface area (TPSA) is 40.6 Å². The van der Waals surface area contributed by atoms with Gasteiger partial charge in [0.15, 0.2) is 0 Å². The standard InChI is InChI=1S/C20H22N2O2/c1-21(18-11-4-2-5-12-18)19(23)16-9-8-10-17(15-16)20(24)22-13-6-3-7-14-22/h2,4-5,8-12,15H,3,6-7,13-14H2,1H3. The highest BCUT2D eigenvalue weighted by Crippen LogP contribution is 2.18. The van der Waals surface area contributed by atoms with Crippen LogP contribution in [0.5, 0.6) is 0 Å². The van der Waals surface area contributed by atoms with Crippen LogP contribution < -0.4 is 4.90 Å². The summed E-state index contributed by atoms with van der Waals surface area (Å²) in [6, 6.07) is 16.5. The molecule has 1 saturated heterocycles. The fourth-order valence-corrected chi connectivity index (χ4v) is 3.03. The first kappa shape index (κ1) is 16.2. The molecule has 1 aliphatic rings. The van der Waals surface area contributed by atoms with Gasteiger partial charge in [-0.3, -0.25) is 9.59 Å². The maximum atomic E-state index is 12.7. The number of amides is 2. The van der Waals surface area contributed by atoms with Crippen molar-refractivity contribution in [3.8, 4) is 0 Å². The zero-order valence-electron chi connectivity index (χ0n) is 13.9. The van der Waals surface area contributed by atoms with Gasteiger partial charge in [0.05, 0.1) is 0 Å². The van der Waals surface area contributed by atoms with Gasteiger partial charge in [-0.25, -0.2) is 0 Å². The number of nitrogens with zero attached hydrogens (tertiary/aromatic N) is 2. The predicted molar refractivity (Wildman–Crippen MR) is 95.4 cm³/mol. The van der Waals surface area contributed by atoms with E-state index in [1.165, 1.54) is 6.42 Å². The third-order valence-electron chi connectivity index (χ3n) is 4.45. The summed E-state index contributed by atoms with van der Waals surface area (Å²) < 4.78 is 0. The quantitative estimate of drug-likeness (QED) is 0.866. The van der Waals surface area contributed by atoms with Crippen LogP contribution in [0, 0.1) is 0 Å². The number of anilines is 1. The van der Waals surface area contributed by atoms with Crippen molar-refractivity contribution < 1.29 is 9.59 Å². The van der Waals surface area contributed by atoms with Gasteiger partial charge < -0.3 is 9.80 Å². The molecule has 2 aromatic rings. The molecule has 1 fully saturated rings. The van der Waals surface area contributed by atoms with E-state index < -0.39 is 0 Å². The number of likely N-dealkylation sites (tertiary alicyclic amines) is 1. The van der Waals surface area contributed by atoms with E-state index in [1.54, 1.807) is 36.2 Å². The first-order valence-corrected chi connectivity index (χ1v) is 8.39. The number of carbonyl (C=O) groups excluding carboxylic acids is 2. The van der Waals surface area contributed by atoms with Gasteiger partial charge in [-0.05, 0) is 49.6 Å². The predicted octanol–water partition coefficient (Wildman–Crippen LogP) is 3.59. The Labute approximate surface area is 142 Å². The molecular formula is C20H22N2O2. The van der Waals surface area contributed by atoms with Gasteiger partial charge in [-0.2, -0.15) is 0 Å². The van der Waals surface area contributed by atoms with Crippen LogP contribution in [0.25, 0.3) is 0 Å². The van der Waals surface area contributed by atoms with Gasteiger partial charge in [-0.1, -0.05) is 24.3 Å². The van der Waals surface area contributed by atoms with E-state index in [1.807, 2.05) is 35.2 Å². The Morgan fingerprint density at radius 1 is 0.875 bits per heavy atom. The number of benzene rings is 2. The van der Waals surface area contributed by atoms with Crippen molar-refractivity contribution in [2.24, 2.45) is 0 Å². The number of hydrogen-bond donors (Lipinski definition) is 0. The van der Waals surface area contributed by atoms with E-state index in [-0.39, 0.29) is 11.8 Å². The molecule has 24 heavy (non-hydrogen) atoms. The summed E-state index contributed by atoms with van der Waals surface area (Å²) >= 11 is 0. The van der Waals surface area contributed by atoms with Gasteiger partial charge >= 0.3 is 0 Å². The highest BCUT2D eigenvalue weighted by molar-refractivity contribution is 6.07. The first-order chi connectivity index (χ1) is 11.7. The number of rotatable bonds is 3. The molecule has 2 amide bonds. The second-order valence-electron chi connectivity index (χ2n) is 6.13. The summed E-state index contributed by atoms with van der Waals surface area (Å²) in [7, 11) is 1.75. The molecule has 3 rings (SSSR count). The fourth-order valence-electron chi connectivity index (χ4n) is 3.03. The largest absolute Gasteiger partial charge is 0.339 e. The Kier molecular flexibility index (Phi) is 4.94. The van der Waals surface area contributed by atoms with E-state index in [2.05, 4.69) is 0 Å². The number of para-hydroxylation sites is 1. The van der Waals surface area contributed by atoms with Crippen LogP contribution in [0.1, 0.15) is 40.0 Å². The normalized spacial score (nSPS) is 14.3. The molecule has 0 radical (unpaired) electrons. The van der Waals surface area contributed by atoms with Crippen molar-refractivity contribution in [1.82, 2.24) is 4.90 Å². The highest BCUT2D eigenvalue weighted by Gasteiger charge is 2.20. The molecule has 0 aliphatic carbocycles. The van der Waals surface area contributed by atoms with Crippen LogP contribution in [0.2, 0.25) is 0 Å². The minimum Gasteiger partial charge on any atom is -0.339 e. The van der Waals surface area contributed by atoms with Crippen LogP contribution in [0.4, 0.5) is 5.69 Å². The molecule has 0 bridgehead atoms. The van der Waals surface area contributed by atoms with Gasteiger partial charge in [0.2, 0.25) is 0 Å². The lowest BCUT2D eigenvalue weighted by Gasteiger charge is -2.27. The van der Waals surface area contributed by atoms with E-state index in [0.717, 1.165) is 31.6 Å². The van der Waals surface area contributed by atoms with Crippen molar-refractivity contribution in [2.75, 3.05) is 25.0 Å². The van der Waals surface area contributed by atoms with Crippen molar-refractivity contribution in [3.63, 3.8) is 0 Å². The number of piperidine rings is 1. The first-order valence-electron chi connectivity index (χ1n) is 8.39. The molecule has 1 aliphatic heterocycles. The molecule has 4 heteroatoms.